The van der Waals surface area contributed by atoms with Crippen LogP contribution in [0.3, 0.4) is 0 Å². The summed E-state index contributed by atoms with van der Waals surface area (Å²) in [6.45, 7) is 5.52. The van der Waals surface area contributed by atoms with E-state index in [1.54, 1.807) is 6.07 Å². The molecule has 1 atom stereocenters. The van der Waals surface area contributed by atoms with Crippen LogP contribution in [-0.2, 0) is 17.6 Å². The van der Waals surface area contributed by atoms with E-state index in [-0.39, 0.29) is 6.04 Å². The van der Waals surface area contributed by atoms with Crippen molar-refractivity contribution < 1.29 is 9.53 Å². The van der Waals surface area contributed by atoms with Gasteiger partial charge in [0.2, 0.25) is 0 Å². The molecule has 0 saturated carbocycles. The average Bonchev–Trinajstić information content (AvgIpc) is 2.64. The number of alkyl carbamates (subject to hydrolysis) is 1. The van der Waals surface area contributed by atoms with E-state index in [1.165, 1.54) is 0 Å². The van der Waals surface area contributed by atoms with Gasteiger partial charge in [0.05, 0.1) is 10.0 Å². The molecule has 0 aliphatic heterocycles. The van der Waals surface area contributed by atoms with Crippen molar-refractivity contribution in [2.45, 2.75) is 45.3 Å². The highest BCUT2D eigenvalue weighted by Gasteiger charge is 2.27. The number of benzene rings is 1. The molecule has 0 bridgehead atoms. The van der Waals surface area contributed by atoms with Crippen LogP contribution in [0.5, 0.6) is 0 Å². The van der Waals surface area contributed by atoms with Gasteiger partial charge in [-0.15, -0.1) is 0 Å². The van der Waals surface area contributed by atoms with Gasteiger partial charge in [-0.3, -0.25) is 0 Å². The van der Waals surface area contributed by atoms with Gasteiger partial charge in [0.25, 0.3) is 0 Å². The third kappa shape index (κ3) is 3.54. The van der Waals surface area contributed by atoms with Crippen molar-refractivity contribution in [3.63, 3.8) is 0 Å². The van der Waals surface area contributed by atoms with E-state index in [2.05, 4.69) is 5.32 Å². The molecule has 5 heteroatoms. The average molecular weight is 302 g/mol. The first-order valence-corrected chi connectivity index (χ1v) is 6.97. The number of hydrogen-bond donors (Lipinski definition) is 1. The molecule has 104 valence electrons. The van der Waals surface area contributed by atoms with Gasteiger partial charge in [-0.1, -0.05) is 29.3 Å². The Hall–Kier alpha value is -0.930. The predicted octanol–water partition coefficient (Wildman–Crippen LogP) is 3.99. The molecule has 1 aliphatic rings. The quantitative estimate of drug-likeness (QED) is 0.852. The monoisotopic (exact) mass is 301 g/mol. The fourth-order valence-electron chi connectivity index (χ4n) is 2.20. The SMILES string of the molecule is CC(C)(C)OC(=O)NC1Cc2ccc(Cl)c(Cl)c2C1. The zero-order chi connectivity index (χ0) is 14.2. The van der Waals surface area contributed by atoms with Gasteiger partial charge in [-0.05, 0) is 50.8 Å². The maximum absolute atomic E-state index is 11.7. The largest absolute Gasteiger partial charge is 0.444 e. The summed E-state index contributed by atoms with van der Waals surface area (Å²) < 4.78 is 5.24. The smallest absolute Gasteiger partial charge is 0.407 e. The molecule has 0 saturated heterocycles. The van der Waals surface area contributed by atoms with Gasteiger partial charge < -0.3 is 10.1 Å². The van der Waals surface area contributed by atoms with E-state index in [1.807, 2.05) is 26.8 Å². The highest BCUT2D eigenvalue weighted by Crippen LogP contribution is 2.34. The van der Waals surface area contributed by atoms with Crippen LogP contribution in [0.4, 0.5) is 4.79 Å². The normalized spacial score (nSPS) is 18.1. The second-order valence-electron chi connectivity index (χ2n) is 5.75. The Morgan fingerprint density at radius 1 is 1.32 bits per heavy atom. The van der Waals surface area contributed by atoms with Crippen LogP contribution in [0.1, 0.15) is 31.9 Å². The van der Waals surface area contributed by atoms with Gasteiger partial charge in [0, 0.05) is 6.04 Å². The summed E-state index contributed by atoms with van der Waals surface area (Å²) >= 11 is 12.2. The van der Waals surface area contributed by atoms with Crippen LogP contribution in [0.15, 0.2) is 12.1 Å². The minimum absolute atomic E-state index is 0.0146. The van der Waals surface area contributed by atoms with Gasteiger partial charge in [0.1, 0.15) is 5.60 Å². The van der Waals surface area contributed by atoms with Crippen molar-refractivity contribution in [3.8, 4) is 0 Å². The fraction of sp³-hybridized carbons (Fsp3) is 0.500. The van der Waals surface area contributed by atoms with Crippen molar-refractivity contribution in [3.05, 3.63) is 33.3 Å². The standard InChI is InChI=1S/C14H17Cl2NO2/c1-14(2,3)19-13(18)17-9-6-8-4-5-11(15)12(16)10(8)7-9/h4-5,9H,6-7H2,1-3H3,(H,17,18). The van der Waals surface area contributed by atoms with Gasteiger partial charge in [-0.25, -0.2) is 4.79 Å². The van der Waals surface area contributed by atoms with Crippen molar-refractivity contribution in [2.24, 2.45) is 0 Å². The molecule has 1 N–H and O–H groups in total. The molecular formula is C14H17Cl2NO2. The minimum atomic E-state index is -0.490. The Morgan fingerprint density at radius 2 is 2.00 bits per heavy atom. The summed E-state index contributed by atoms with van der Waals surface area (Å²) in [6.07, 6.45) is 1.05. The minimum Gasteiger partial charge on any atom is -0.444 e. The molecule has 0 aromatic heterocycles. The zero-order valence-electron chi connectivity index (χ0n) is 11.2. The molecule has 0 spiro atoms. The van der Waals surface area contributed by atoms with E-state index in [0.29, 0.717) is 16.5 Å². The second-order valence-corrected chi connectivity index (χ2v) is 6.54. The van der Waals surface area contributed by atoms with Crippen LogP contribution in [0.25, 0.3) is 0 Å². The van der Waals surface area contributed by atoms with E-state index >= 15 is 0 Å². The molecule has 1 aromatic rings. The number of ether oxygens (including phenoxy) is 1. The molecule has 1 aliphatic carbocycles. The molecule has 1 unspecified atom stereocenters. The maximum Gasteiger partial charge on any atom is 0.407 e. The summed E-state index contributed by atoms with van der Waals surface area (Å²) in [5, 5.41) is 4.01. The van der Waals surface area contributed by atoms with Crippen LogP contribution in [0.2, 0.25) is 10.0 Å². The molecule has 0 radical (unpaired) electrons. The van der Waals surface area contributed by atoms with Crippen molar-refractivity contribution >= 4 is 29.3 Å². The number of carbonyl (C=O) groups excluding carboxylic acids is 1. The lowest BCUT2D eigenvalue weighted by atomic mass is 10.1. The predicted molar refractivity (Wildman–Crippen MR) is 77.0 cm³/mol. The topological polar surface area (TPSA) is 38.3 Å². The molecule has 1 aromatic carbocycles. The Labute approximate surface area is 123 Å². The number of halogens is 2. The molecule has 0 heterocycles. The highest BCUT2D eigenvalue weighted by molar-refractivity contribution is 6.42. The summed E-state index contributed by atoms with van der Waals surface area (Å²) in [5.74, 6) is 0. The number of fused-ring (bicyclic) bond motifs is 1. The summed E-state index contributed by atoms with van der Waals surface area (Å²) in [5.41, 5.74) is 1.67. The molecule has 0 fully saturated rings. The summed E-state index contributed by atoms with van der Waals surface area (Å²) in [6, 6.07) is 3.76. The Kier molecular flexibility index (Phi) is 3.98. The van der Waals surface area contributed by atoms with E-state index in [4.69, 9.17) is 27.9 Å². The molecule has 3 nitrogen and oxygen atoms in total. The fourth-order valence-corrected chi connectivity index (χ4v) is 2.64. The van der Waals surface area contributed by atoms with Crippen molar-refractivity contribution in [1.29, 1.82) is 0 Å². The van der Waals surface area contributed by atoms with Gasteiger partial charge in [0.15, 0.2) is 0 Å². The van der Waals surface area contributed by atoms with E-state index < -0.39 is 11.7 Å². The van der Waals surface area contributed by atoms with Crippen LogP contribution in [0, 0.1) is 0 Å². The molecule has 1 amide bonds. The summed E-state index contributed by atoms with van der Waals surface area (Å²) in [7, 11) is 0. The highest BCUT2D eigenvalue weighted by atomic mass is 35.5. The number of rotatable bonds is 1. The Morgan fingerprint density at radius 3 is 2.63 bits per heavy atom. The zero-order valence-corrected chi connectivity index (χ0v) is 12.7. The third-order valence-electron chi connectivity index (χ3n) is 2.93. The Bertz CT molecular complexity index is 509. The van der Waals surface area contributed by atoms with Crippen molar-refractivity contribution in [1.82, 2.24) is 5.32 Å². The Balaban J connectivity index is 2.01. The van der Waals surface area contributed by atoms with Crippen LogP contribution in [-0.4, -0.2) is 17.7 Å². The van der Waals surface area contributed by atoms with E-state index in [9.17, 15) is 4.79 Å². The molecule has 19 heavy (non-hydrogen) atoms. The third-order valence-corrected chi connectivity index (χ3v) is 3.77. The summed E-state index contributed by atoms with van der Waals surface area (Å²) in [4.78, 5) is 11.7. The lowest BCUT2D eigenvalue weighted by Gasteiger charge is -2.21. The number of nitrogens with one attached hydrogen (secondary N) is 1. The number of hydrogen-bond acceptors (Lipinski definition) is 2. The number of carbonyl (C=O) groups is 1. The van der Waals surface area contributed by atoms with Crippen LogP contribution >= 0.6 is 23.2 Å². The van der Waals surface area contributed by atoms with Gasteiger partial charge in [-0.2, -0.15) is 0 Å². The first-order chi connectivity index (χ1) is 8.76. The molecule has 2 rings (SSSR count). The first kappa shape index (κ1) is 14.5. The van der Waals surface area contributed by atoms with Gasteiger partial charge >= 0.3 is 6.09 Å². The lowest BCUT2D eigenvalue weighted by molar-refractivity contribution is 0.0506. The maximum atomic E-state index is 11.7. The lowest BCUT2D eigenvalue weighted by Crippen LogP contribution is -2.39. The first-order valence-electron chi connectivity index (χ1n) is 6.21. The molecular weight excluding hydrogens is 285 g/mol. The van der Waals surface area contributed by atoms with Crippen LogP contribution < -0.4 is 5.32 Å². The number of amides is 1. The van der Waals surface area contributed by atoms with E-state index in [0.717, 1.165) is 17.5 Å². The second kappa shape index (κ2) is 5.22. The van der Waals surface area contributed by atoms with Crippen molar-refractivity contribution in [2.75, 3.05) is 0 Å².